The SMILES string of the molecule is COc1cc(/C=C2/SC(=S)N(c3ccc(F)c(Cl)c3)C2=O)cc(I)c1OCc1ccccc1Cl. The average Bonchev–Trinajstić information content (AvgIpc) is 3.08. The number of thiocarbonyl (C=S) groups is 1. The summed E-state index contributed by atoms with van der Waals surface area (Å²) in [7, 11) is 1.55. The fraction of sp³-hybridized carbons (Fsp3) is 0.0833. The number of halogens is 4. The van der Waals surface area contributed by atoms with Crippen LogP contribution in [0.3, 0.4) is 0 Å². The molecule has 0 aromatic heterocycles. The fourth-order valence-electron chi connectivity index (χ4n) is 3.19. The summed E-state index contributed by atoms with van der Waals surface area (Å²) >= 11 is 20.8. The average molecular weight is 646 g/mol. The van der Waals surface area contributed by atoms with E-state index in [0.717, 1.165) is 26.5 Å². The molecule has 1 aliphatic heterocycles. The standard InChI is InChI=1S/C24H15Cl2FINO3S2/c1-31-20-9-13(8-19(28)22(20)32-12-14-4-2-3-5-16(14)25)10-21-23(30)29(24(33)34-21)15-6-7-18(27)17(26)11-15/h2-11H,12H2,1H3/b21-10+. The second kappa shape index (κ2) is 10.8. The minimum Gasteiger partial charge on any atom is -0.493 e. The normalized spacial score (nSPS) is 14.7. The number of anilines is 1. The molecule has 0 bridgehead atoms. The van der Waals surface area contributed by atoms with Gasteiger partial charge in [0.05, 0.1) is 26.3 Å². The van der Waals surface area contributed by atoms with E-state index in [-0.39, 0.29) is 17.5 Å². The minimum atomic E-state index is -0.565. The summed E-state index contributed by atoms with van der Waals surface area (Å²) in [6.45, 7) is 0.282. The first-order valence-electron chi connectivity index (χ1n) is 9.75. The maximum absolute atomic E-state index is 13.5. The zero-order valence-electron chi connectivity index (χ0n) is 17.5. The summed E-state index contributed by atoms with van der Waals surface area (Å²) in [6, 6.07) is 15.2. The van der Waals surface area contributed by atoms with Crippen LogP contribution in [0.25, 0.3) is 6.08 Å². The highest BCUT2D eigenvalue weighted by Crippen LogP contribution is 2.39. The Balaban J connectivity index is 1.59. The van der Waals surface area contributed by atoms with Gasteiger partial charge in [0.2, 0.25) is 0 Å². The summed E-state index contributed by atoms with van der Waals surface area (Å²) < 4.78 is 26.2. The summed E-state index contributed by atoms with van der Waals surface area (Å²) in [4.78, 5) is 14.8. The Kier molecular flexibility index (Phi) is 8.04. The summed E-state index contributed by atoms with van der Waals surface area (Å²) in [5.41, 5.74) is 2.01. The number of amides is 1. The molecule has 1 aliphatic rings. The summed E-state index contributed by atoms with van der Waals surface area (Å²) in [6.07, 6.45) is 1.73. The molecule has 4 nitrogen and oxygen atoms in total. The number of hydrogen-bond donors (Lipinski definition) is 0. The maximum atomic E-state index is 13.5. The van der Waals surface area contributed by atoms with Crippen molar-refractivity contribution in [1.29, 1.82) is 0 Å². The topological polar surface area (TPSA) is 38.8 Å². The van der Waals surface area contributed by atoms with Gasteiger partial charge >= 0.3 is 0 Å². The Labute approximate surface area is 229 Å². The van der Waals surface area contributed by atoms with Gasteiger partial charge in [-0.15, -0.1) is 0 Å². The van der Waals surface area contributed by atoms with Crippen molar-refractivity contribution in [2.75, 3.05) is 12.0 Å². The number of rotatable bonds is 6. The molecule has 174 valence electrons. The second-order valence-corrected chi connectivity index (χ2v) is 10.7. The van der Waals surface area contributed by atoms with Crippen molar-refractivity contribution in [2.24, 2.45) is 0 Å². The van der Waals surface area contributed by atoms with Crippen molar-refractivity contribution >= 4 is 91.8 Å². The van der Waals surface area contributed by atoms with Crippen LogP contribution in [0.4, 0.5) is 10.1 Å². The molecular weight excluding hydrogens is 631 g/mol. The van der Waals surface area contributed by atoms with Crippen molar-refractivity contribution < 1.29 is 18.7 Å². The molecule has 1 amide bonds. The number of benzene rings is 3. The fourth-order valence-corrected chi connectivity index (χ4v) is 5.64. The largest absolute Gasteiger partial charge is 0.493 e. The van der Waals surface area contributed by atoms with Crippen molar-refractivity contribution in [3.05, 3.63) is 90.1 Å². The van der Waals surface area contributed by atoms with E-state index >= 15 is 0 Å². The number of carbonyl (C=O) groups is 1. The van der Waals surface area contributed by atoms with Gasteiger partial charge in [-0.3, -0.25) is 9.69 Å². The molecular formula is C24H15Cl2FINO3S2. The predicted molar refractivity (Wildman–Crippen MR) is 149 cm³/mol. The van der Waals surface area contributed by atoms with Gasteiger partial charge in [-0.25, -0.2) is 4.39 Å². The molecule has 1 saturated heterocycles. The highest BCUT2D eigenvalue weighted by atomic mass is 127. The highest BCUT2D eigenvalue weighted by Gasteiger charge is 2.33. The van der Waals surface area contributed by atoms with Crippen LogP contribution in [0.15, 0.2) is 59.5 Å². The van der Waals surface area contributed by atoms with Gasteiger partial charge in [-0.1, -0.05) is 65.4 Å². The van der Waals surface area contributed by atoms with E-state index in [4.69, 9.17) is 44.9 Å². The number of methoxy groups -OCH3 is 1. The molecule has 3 aromatic carbocycles. The number of hydrogen-bond acceptors (Lipinski definition) is 5. The first-order chi connectivity index (χ1) is 16.3. The third-order valence-electron chi connectivity index (χ3n) is 4.83. The first kappa shape index (κ1) is 25.2. The van der Waals surface area contributed by atoms with Gasteiger partial charge in [-0.05, 0) is 70.6 Å². The Morgan fingerprint density at radius 2 is 1.91 bits per heavy atom. The lowest BCUT2D eigenvalue weighted by Crippen LogP contribution is -2.27. The number of carbonyl (C=O) groups excluding carboxylic acids is 1. The molecule has 10 heteroatoms. The van der Waals surface area contributed by atoms with Crippen LogP contribution in [0.5, 0.6) is 11.5 Å². The molecule has 34 heavy (non-hydrogen) atoms. The number of thioether (sulfide) groups is 1. The molecule has 3 aromatic rings. The van der Waals surface area contributed by atoms with Crippen molar-refractivity contribution in [1.82, 2.24) is 0 Å². The maximum Gasteiger partial charge on any atom is 0.270 e. The zero-order valence-corrected chi connectivity index (χ0v) is 22.8. The third kappa shape index (κ3) is 5.36. The van der Waals surface area contributed by atoms with Crippen LogP contribution in [0.2, 0.25) is 10.0 Å². The van der Waals surface area contributed by atoms with Crippen LogP contribution in [0.1, 0.15) is 11.1 Å². The summed E-state index contributed by atoms with van der Waals surface area (Å²) in [5, 5.41) is 0.541. The number of ether oxygens (including phenoxy) is 2. The Morgan fingerprint density at radius 3 is 2.62 bits per heavy atom. The molecule has 0 atom stereocenters. The molecule has 0 spiro atoms. The van der Waals surface area contributed by atoms with Crippen LogP contribution < -0.4 is 14.4 Å². The van der Waals surface area contributed by atoms with E-state index in [2.05, 4.69) is 22.6 Å². The molecule has 0 unspecified atom stereocenters. The molecule has 0 saturated carbocycles. The van der Waals surface area contributed by atoms with Gasteiger partial charge in [-0.2, -0.15) is 0 Å². The minimum absolute atomic E-state index is 0.0813. The van der Waals surface area contributed by atoms with Gasteiger partial charge in [0.1, 0.15) is 12.4 Å². The third-order valence-corrected chi connectivity index (χ3v) is 7.60. The highest BCUT2D eigenvalue weighted by molar-refractivity contribution is 14.1. The Bertz CT molecular complexity index is 1340. The van der Waals surface area contributed by atoms with Crippen molar-refractivity contribution in [3.63, 3.8) is 0 Å². The van der Waals surface area contributed by atoms with E-state index in [1.165, 1.54) is 23.1 Å². The van der Waals surface area contributed by atoms with Crippen LogP contribution in [-0.4, -0.2) is 17.3 Å². The van der Waals surface area contributed by atoms with Gasteiger partial charge in [0, 0.05) is 10.6 Å². The molecule has 0 aliphatic carbocycles. The number of nitrogens with zero attached hydrogens (tertiary/aromatic N) is 1. The summed E-state index contributed by atoms with van der Waals surface area (Å²) in [5.74, 6) is 0.218. The van der Waals surface area contributed by atoms with Crippen LogP contribution >= 0.6 is 69.8 Å². The molecule has 4 rings (SSSR count). The van der Waals surface area contributed by atoms with Gasteiger partial charge in [0.15, 0.2) is 15.8 Å². The zero-order chi connectivity index (χ0) is 24.4. The lowest BCUT2D eigenvalue weighted by atomic mass is 10.1. The van der Waals surface area contributed by atoms with Crippen molar-refractivity contribution in [3.8, 4) is 11.5 Å². The molecule has 1 heterocycles. The first-order valence-corrected chi connectivity index (χ1v) is 12.8. The lowest BCUT2D eigenvalue weighted by Gasteiger charge is -2.15. The van der Waals surface area contributed by atoms with Crippen LogP contribution in [0, 0.1) is 9.39 Å². The van der Waals surface area contributed by atoms with E-state index in [1.54, 1.807) is 19.3 Å². The van der Waals surface area contributed by atoms with Gasteiger partial charge in [0.25, 0.3) is 5.91 Å². The predicted octanol–water partition coefficient (Wildman–Crippen LogP) is 7.73. The van der Waals surface area contributed by atoms with Crippen molar-refractivity contribution in [2.45, 2.75) is 6.61 Å². The Morgan fingerprint density at radius 1 is 1.15 bits per heavy atom. The molecule has 0 N–H and O–H groups in total. The monoisotopic (exact) mass is 645 g/mol. The van der Waals surface area contributed by atoms with E-state index in [1.807, 2.05) is 30.3 Å². The lowest BCUT2D eigenvalue weighted by molar-refractivity contribution is -0.113. The molecule has 1 fully saturated rings. The van der Waals surface area contributed by atoms with Crippen LogP contribution in [-0.2, 0) is 11.4 Å². The van der Waals surface area contributed by atoms with E-state index in [0.29, 0.717) is 31.4 Å². The Hall–Kier alpha value is -1.85. The second-order valence-electron chi connectivity index (χ2n) is 7.03. The van der Waals surface area contributed by atoms with Gasteiger partial charge < -0.3 is 9.47 Å². The smallest absolute Gasteiger partial charge is 0.270 e. The van der Waals surface area contributed by atoms with E-state index < -0.39 is 5.82 Å². The molecule has 0 radical (unpaired) electrons. The quantitative estimate of drug-likeness (QED) is 0.156. The van der Waals surface area contributed by atoms with E-state index in [9.17, 15) is 9.18 Å².